The average molecular weight is 326 g/mol. The first-order valence-corrected chi connectivity index (χ1v) is 8.96. The topological polar surface area (TPSA) is 95.5 Å². The zero-order valence-corrected chi connectivity index (χ0v) is 13.2. The Morgan fingerprint density at radius 1 is 1.18 bits per heavy atom. The van der Waals surface area contributed by atoms with Crippen LogP contribution in [0.5, 0.6) is 0 Å². The second kappa shape index (κ2) is 7.71. The van der Waals surface area contributed by atoms with Crippen LogP contribution < -0.4 is 10.6 Å². The molecule has 0 spiro atoms. The van der Waals surface area contributed by atoms with E-state index in [0.717, 1.165) is 6.54 Å². The quantitative estimate of drug-likeness (QED) is 0.512. The third-order valence-corrected chi connectivity index (χ3v) is 5.22. The lowest BCUT2D eigenvalue weighted by Crippen LogP contribution is -2.35. The highest BCUT2D eigenvalue weighted by molar-refractivity contribution is 7.86. The summed E-state index contributed by atoms with van der Waals surface area (Å²) >= 11 is 0. The number of rotatable bonds is 7. The number of hydrogen-bond donors (Lipinski definition) is 3. The minimum absolute atomic E-state index is 0.132. The summed E-state index contributed by atoms with van der Waals surface area (Å²) in [6.07, 6.45) is 1.07. The number of carbonyl (C=O) groups excluding carboxylic acids is 1. The van der Waals surface area contributed by atoms with Gasteiger partial charge in [0.25, 0.3) is 10.1 Å². The molecule has 1 aliphatic carbocycles. The number of nitrogens with one attached hydrogen (secondary N) is 2. The zero-order valence-electron chi connectivity index (χ0n) is 12.4. The molecule has 0 saturated heterocycles. The second-order valence-electron chi connectivity index (χ2n) is 5.60. The molecule has 1 aromatic rings. The highest BCUT2D eigenvalue weighted by Gasteiger charge is 2.36. The first-order valence-electron chi connectivity index (χ1n) is 7.45. The number of benzene rings is 1. The number of hydrogen-bond acceptors (Lipinski definition) is 4. The SMILES string of the molecule is O=C(NCCNCc1ccccc1)C1CCC(S(=O)(=O)O)C1. The van der Waals surface area contributed by atoms with Crippen molar-refractivity contribution >= 4 is 16.0 Å². The van der Waals surface area contributed by atoms with E-state index in [0.29, 0.717) is 25.9 Å². The third kappa shape index (κ3) is 5.08. The lowest BCUT2D eigenvalue weighted by molar-refractivity contribution is -0.124. The van der Waals surface area contributed by atoms with Gasteiger partial charge in [0.15, 0.2) is 0 Å². The van der Waals surface area contributed by atoms with Crippen molar-refractivity contribution in [2.45, 2.75) is 31.1 Å². The minimum Gasteiger partial charge on any atom is -0.355 e. The van der Waals surface area contributed by atoms with Gasteiger partial charge in [-0.15, -0.1) is 0 Å². The Hall–Kier alpha value is -1.44. The fraction of sp³-hybridized carbons (Fsp3) is 0.533. The summed E-state index contributed by atoms with van der Waals surface area (Å²) < 4.78 is 31.1. The normalized spacial score (nSPS) is 21.7. The van der Waals surface area contributed by atoms with Crippen LogP contribution in [0.4, 0.5) is 0 Å². The van der Waals surface area contributed by atoms with Crippen molar-refractivity contribution in [3.63, 3.8) is 0 Å². The molecular weight excluding hydrogens is 304 g/mol. The third-order valence-electron chi connectivity index (χ3n) is 3.95. The van der Waals surface area contributed by atoms with Gasteiger partial charge in [0.1, 0.15) is 0 Å². The molecule has 1 saturated carbocycles. The summed E-state index contributed by atoms with van der Waals surface area (Å²) in [7, 11) is -4.02. The predicted octanol–water partition coefficient (Wildman–Crippen LogP) is 0.949. The summed E-state index contributed by atoms with van der Waals surface area (Å²) in [5, 5.41) is 5.24. The molecule has 1 fully saturated rings. The molecule has 2 atom stereocenters. The van der Waals surface area contributed by atoms with Crippen molar-refractivity contribution in [2.75, 3.05) is 13.1 Å². The molecule has 0 bridgehead atoms. The Morgan fingerprint density at radius 3 is 2.55 bits per heavy atom. The van der Waals surface area contributed by atoms with E-state index in [-0.39, 0.29) is 18.2 Å². The first-order chi connectivity index (χ1) is 10.5. The van der Waals surface area contributed by atoms with Crippen molar-refractivity contribution < 1.29 is 17.8 Å². The van der Waals surface area contributed by atoms with Crippen molar-refractivity contribution in [3.05, 3.63) is 35.9 Å². The molecule has 1 aliphatic rings. The van der Waals surface area contributed by atoms with Gasteiger partial charge >= 0.3 is 0 Å². The Morgan fingerprint density at radius 2 is 1.91 bits per heavy atom. The Labute approximate surface area is 131 Å². The summed E-state index contributed by atoms with van der Waals surface area (Å²) in [6, 6.07) is 9.97. The van der Waals surface area contributed by atoms with Crippen LogP contribution in [0.3, 0.4) is 0 Å². The lowest BCUT2D eigenvalue weighted by atomic mass is 10.1. The highest BCUT2D eigenvalue weighted by atomic mass is 32.2. The average Bonchev–Trinajstić information content (AvgIpc) is 2.98. The van der Waals surface area contributed by atoms with E-state index in [9.17, 15) is 13.2 Å². The monoisotopic (exact) mass is 326 g/mol. The first kappa shape index (κ1) is 16.9. The van der Waals surface area contributed by atoms with Crippen molar-refractivity contribution in [1.29, 1.82) is 0 Å². The molecule has 0 aliphatic heterocycles. The predicted molar refractivity (Wildman–Crippen MR) is 83.8 cm³/mol. The van der Waals surface area contributed by atoms with Gasteiger partial charge in [0.05, 0.1) is 5.25 Å². The minimum atomic E-state index is -4.02. The van der Waals surface area contributed by atoms with Crippen LogP contribution in [0.2, 0.25) is 0 Å². The molecule has 7 heteroatoms. The molecule has 0 heterocycles. The maximum absolute atomic E-state index is 11.9. The van der Waals surface area contributed by atoms with Crippen molar-refractivity contribution in [1.82, 2.24) is 10.6 Å². The highest BCUT2D eigenvalue weighted by Crippen LogP contribution is 2.29. The summed E-state index contributed by atoms with van der Waals surface area (Å²) in [5.74, 6) is -0.450. The van der Waals surface area contributed by atoms with Crippen molar-refractivity contribution in [2.24, 2.45) is 5.92 Å². The summed E-state index contributed by atoms with van der Waals surface area (Å²) in [6.45, 7) is 1.89. The molecule has 22 heavy (non-hydrogen) atoms. The van der Waals surface area contributed by atoms with Gasteiger partial charge in [0.2, 0.25) is 5.91 Å². The Kier molecular flexibility index (Phi) is 5.93. The largest absolute Gasteiger partial charge is 0.355 e. The van der Waals surface area contributed by atoms with E-state index in [1.165, 1.54) is 5.56 Å². The number of amides is 1. The van der Waals surface area contributed by atoms with Gasteiger partial charge in [-0.05, 0) is 24.8 Å². The van der Waals surface area contributed by atoms with E-state index in [1.807, 2.05) is 30.3 Å². The van der Waals surface area contributed by atoms with Crippen LogP contribution in [0.15, 0.2) is 30.3 Å². The van der Waals surface area contributed by atoms with Gasteiger partial charge in [-0.2, -0.15) is 8.42 Å². The molecule has 1 amide bonds. The molecule has 2 rings (SSSR count). The summed E-state index contributed by atoms with van der Waals surface area (Å²) in [4.78, 5) is 11.9. The molecule has 122 valence electrons. The van der Waals surface area contributed by atoms with E-state index in [4.69, 9.17) is 4.55 Å². The Balaban J connectivity index is 1.62. The standard InChI is InChI=1S/C15H22N2O4S/c18-15(13-6-7-14(10-13)22(19,20)21)17-9-8-16-11-12-4-2-1-3-5-12/h1-5,13-14,16H,6-11H2,(H,17,18)(H,19,20,21). The molecule has 0 radical (unpaired) electrons. The zero-order chi connectivity index (χ0) is 16.0. The molecule has 6 nitrogen and oxygen atoms in total. The van der Waals surface area contributed by atoms with E-state index >= 15 is 0 Å². The van der Waals surface area contributed by atoms with Crippen molar-refractivity contribution in [3.8, 4) is 0 Å². The Bertz CT molecular complexity index is 589. The van der Waals surface area contributed by atoms with Crippen LogP contribution in [0, 0.1) is 5.92 Å². The van der Waals surface area contributed by atoms with Crippen LogP contribution in [-0.2, 0) is 21.5 Å². The lowest BCUT2D eigenvalue weighted by Gasteiger charge is -2.11. The van der Waals surface area contributed by atoms with Crippen LogP contribution in [0.1, 0.15) is 24.8 Å². The van der Waals surface area contributed by atoms with Crippen LogP contribution in [0.25, 0.3) is 0 Å². The van der Waals surface area contributed by atoms with E-state index in [2.05, 4.69) is 10.6 Å². The van der Waals surface area contributed by atoms with Crippen LogP contribution >= 0.6 is 0 Å². The fourth-order valence-corrected chi connectivity index (χ4v) is 3.61. The van der Waals surface area contributed by atoms with E-state index in [1.54, 1.807) is 0 Å². The van der Waals surface area contributed by atoms with E-state index < -0.39 is 15.4 Å². The fourth-order valence-electron chi connectivity index (χ4n) is 2.70. The smallest absolute Gasteiger partial charge is 0.267 e. The number of carbonyl (C=O) groups is 1. The molecule has 0 aromatic heterocycles. The summed E-state index contributed by atoms with van der Waals surface area (Å²) in [5.41, 5.74) is 1.18. The van der Waals surface area contributed by atoms with Gasteiger partial charge < -0.3 is 10.6 Å². The maximum atomic E-state index is 11.9. The van der Waals surface area contributed by atoms with Gasteiger partial charge in [-0.3, -0.25) is 9.35 Å². The molecule has 1 aromatic carbocycles. The molecule has 3 N–H and O–H groups in total. The van der Waals surface area contributed by atoms with Gasteiger partial charge in [0, 0.05) is 25.6 Å². The van der Waals surface area contributed by atoms with Gasteiger partial charge in [-0.25, -0.2) is 0 Å². The molecule has 2 unspecified atom stereocenters. The molecular formula is C15H22N2O4S. The maximum Gasteiger partial charge on any atom is 0.267 e. The second-order valence-corrected chi connectivity index (χ2v) is 7.30. The van der Waals surface area contributed by atoms with Gasteiger partial charge in [-0.1, -0.05) is 30.3 Å². The van der Waals surface area contributed by atoms with Crippen LogP contribution in [-0.4, -0.2) is 37.2 Å².